The second-order valence-electron chi connectivity index (χ2n) is 5.26. The normalized spacial score (nSPS) is 14.1. The molecular formula is C12H26N2O. The minimum atomic E-state index is -0.0770. The molecule has 0 spiro atoms. The van der Waals surface area contributed by atoms with Crippen molar-refractivity contribution in [3.05, 3.63) is 0 Å². The van der Waals surface area contributed by atoms with E-state index in [0.29, 0.717) is 12.5 Å². The van der Waals surface area contributed by atoms with E-state index in [1.54, 1.807) is 0 Å². The molecule has 3 N–H and O–H groups in total. The molecular weight excluding hydrogens is 188 g/mol. The molecule has 0 aromatic heterocycles. The zero-order valence-corrected chi connectivity index (χ0v) is 10.8. The summed E-state index contributed by atoms with van der Waals surface area (Å²) in [5, 5.41) is 3.00. The minimum Gasteiger partial charge on any atom is -0.353 e. The number of carbonyl (C=O) groups is 1. The van der Waals surface area contributed by atoms with Crippen molar-refractivity contribution in [1.82, 2.24) is 5.32 Å². The SMILES string of the molecule is CCC(CC)NC(=O)CC(N)C(C)(C)C. The van der Waals surface area contributed by atoms with Crippen molar-refractivity contribution in [2.75, 3.05) is 0 Å². The minimum absolute atomic E-state index is 0.00866. The molecule has 1 unspecified atom stereocenters. The van der Waals surface area contributed by atoms with Crippen molar-refractivity contribution in [2.45, 2.75) is 66.0 Å². The number of nitrogens with two attached hydrogens (primary N) is 1. The largest absolute Gasteiger partial charge is 0.353 e. The lowest BCUT2D eigenvalue weighted by molar-refractivity contribution is -0.122. The molecule has 0 aromatic carbocycles. The van der Waals surface area contributed by atoms with Crippen LogP contribution in [0.5, 0.6) is 0 Å². The third-order valence-corrected chi connectivity index (χ3v) is 2.87. The van der Waals surface area contributed by atoms with E-state index in [1.165, 1.54) is 0 Å². The molecule has 0 saturated carbocycles. The van der Waals surface area contributed by atoms with E-state index in [9.17, 15) is 4.79 Å². The molecule has 0 aliphatic rings. The summed E-state index contributed by atoms with van der Waals surface area (Å²) in [6.45, 7) is 10.3. The van der Waals surface area contributed by atoms with Gasteiger partial charge < -0.3 is 11.1 Å². The van der Waals surface area contributed by atoms with E-state index >= 15 is 0 Å². The number of nitrogens with one attached hydrogen (secondary N) is 1. The summed E-state index contributed by atoms with van der Waals surface area (Å²) >= 11 is 0. The van der Waals surface area contributed by atoms with Crippen LogP contribution in [-0.2, 0) is 4.79 Å². The Morgan fingerprint density at radius 3 is 2.07 bits per heavy atom. The molecule has 1 atom stereocenters. The van der Waals surface area contributed by atoms with Gasteiger partial charge in [-0.05, 0) is 18.3 Å². The van der Waals surface area contributed by atoms with Gasteiger partial charge >= 0.3 is 0 Å². The number of carbonyl (C=O) groups excluding carboxylic acids is 1. The zero-order chi connectivity index (χ0) is 12.1. The van der Waals surface area contributed by atoms with E-state index in [2.05, 4.69) is 39.9 Å². The second kappa shape index (κ2) is 6.11. The van der Waals surface area contributed by atoms with Crippen LogP contribution in [0.3, 0.4) is 0 Å². The molecule has 0 saturated heterocycles. The quantitative estimate of drug-likeness (QED) is 0.736. The summed E-state index contributed by atoms with van der Waals surface area (Å²) < 4.78 is 0. The number of hydrogen-bond acceptors (Lipinski definition) is 2. The highest BCUT2D eigenvalue weighted by molar-refractivity contribution is 5.76. The first-order chi connectivity index (χ1) is 6.81. The highest BCUT2D eigenvalue weighted by atomic mass is 16.1. The zero-order valence-electron chi connectivity index (χ0n) is 10.8. The van der Waals surface area contributed by atoms with Crippen molar-refractivity contribution in [3.8, 4) is 0 Å². The van der Waals surface area contributed by atoms with Crippen molar-refractivity contribution in [1.29, 1.82) is 0 Å². The molecule has 0 aromatic rings. The van der Waals surface area contributed by atoms with E-state index in [-0.39, 0.29) is 17.4 Å². The second-order valence-corrected chi connectivity index (χ2v) is 5.26. The van der Waals surface area contributed by atoms with Crippen LogP contribution in [0.2, 0.25) is 0 Å². The van der Waals surface area contributed by atoms with Crippen molar-refractivity contribution >= 4 is 5.91 Å². The van der Waals surface area contributed by atoms with E-state index in [1.807, 2.05) is 0 Å². The van der Waals surface area contributed by atoms with Crippen LogP contribution in [0.15, 0.2) is 0 Å². The Hall–Kier alpha value is -0.570. The highest BCUT2D eigenvalue weighted by Crippen LogP contribution is 2.19. The van der Waals surface area contributed by atoms with Gasteiger partial charge in [0.15, 0.2) is 0 Å². The third-order valence-electron chi connectivity index (χ3n) is 2.87. The fraction of sp³-hybridized carbons (Fsp3) is 0.917. The molecule has 90 valence electrons. The average molecular weight is 214 g/mol. The van der Waals surface area contributed by atoms with Gasteiger partial charge in [-0.2, -0.15) is 0 Å². The van der Waals surface area contributed by atoms with Crippen LogP contribution in [0, 0.1) is 5.41 Å². The smallest absolute Gasteiger partial charge is 0.221 e. The van der Waals surface area contributed by atoms with Gasteiger partial charge in [0.1, 0.15) is 0 Å². The Labute approximate surface area is 93.8 Å². The van der Waals surface area contributed by atoms with E-state index in [4.69, 9.17) is 5.73 Å². The maximum atomic E-state index is 11.6. The van der Waals surface area contributed by atoms with Gasteiger partial charge in [0.2, 0.25) is 5.91 Å². The summed E-state index contributed by atoms with van der Waals surface area (Å²) in [7, 11) is 0. The lowest BCUT2D eigenvalue weighted by Crippen LogP contribution is -2.42. The third kappa shape index (κ3) is 5.78. The summed E-state index contributed by atoms with van der Waals surface area (Å²) in [6, 6.07) is 0.219. The van der Waals surface area contributed by atoms with Crippen molar-refractivity contribution in [2.24, 2.45) is 11.1 Å². The van der Waals surface area contributed by atoms with Gasteiger partial charge in [-0.1, -0.05) is 34.6 Å². The first-order valence-corrected chi connectivity index (χ1v) is 5.86. The fourth-order valence-corrected chi connectivity index (χ4v) is 1.29. The first-order valence-electron chi connectivity index (χ1n) is 5.86. The highest BCUT2D eigenvalue weighted by Gasteiger charge is 2.23. The molecule has 3 heteroatoms. The number of hydrogen-bond donors (Lipinski definition) is 2. The van der Waals surface area contributed by atoms with Crippen LogP contribution >= 0.6 is 0 Å². The van der Waals surface area contributed by atoms with Gasteiger partial charge in [0.05, 0.1) is 0 Å². The molecule has 3 nitrogen and oxygen atoms in total. The van der Waals surface area contributed by atoms with Gasteiger partial charge in [-0.15, -0.1) is 0 Å². The fourth-order valence-electron chi connectivity index (χ4n) is 1.29. The topological polar surface area (TPSA) is 55.1 Å². The Bertz CT molecular complexity index is 192. The maximum absolute atomic E-state index is 11.6. The first kappa shape index (κ1) is 14.4. The van der Waals surface area contributed by atoms with Gasteiger partial charge in [-0.3, -0.25) is 4.79 Å². The van der Waals surface area contributed by atoms with Gasteiger partial charge in [-0.25, -0.2) is 0 Å². The monoisotopic (exact) mass is 214 g/mol. The molecule has 0 heterocycles. The average Bonchev–Trinajstić information content (AvgIpc) is 2.12. The van der Waals surface area contributed by atoms with Crippen molar-refractivity contribution in [3.63, 3.8) is 0 Å². The van der Waals surface area contributed by atoms with E-state index in [0.717, 1.165) is 12.8 Å². The van der Waals surface area contributed by atoms with Crippen molar-refractivity contribution < 1.29 is 4.79 Å². The van der Waals surface area contributed by atoms with Crippen LogP contribution in [0.25, 0.3) is 0 Å². The molecule has 0 bridgehead atoms. The summed E-state index contributed by atoms with van der Waals surface area (Å²) in [5.41, 5.74) is 5.94. The van der Waals surface area contributed by atoms with E-state index < -0.39 is 0 Å². The van der Waals surface area contributed by atoms with Crippen LogP contribution in [0.4, 0.5) is 0 Å². The van der Waals surface area contributed by atoms with Crippen LogP contribution < -0.4 is 11.1 Å². The van der Waals surface area contributed by atoms with Gasteiger partial charge in [0.25, 0.3) is 0 Å². The number of amides is 1. The Morgan fingerprint density at radius 1 is 1.27 bits per heavy atom. The molecule has 0 fully saturated rings. The summed E-state index contributed by atoms with van der Waals surface area (Å²) in [6.07, 6.45) is 2.37. The Balaban J connectivity index is 4.04. The Kier molecular flexibility index (Phi) is 5.88. The molecule has 0 rings (SSSR count). The molecule has 1 amide bonds. The summed E-state index contributed by atoms with van der Waals surface area (Å²) in [4.78, 5) is 11.6. The number of rotatable bonds is 5. The van der Waals surface area contributed by atoms with Crippen LogP contribution in [-0.4, -0.2) is 18.0 Å². The lowest BCUT2D eigenvalue weighted by atomic mass is 9.85. The van der Waals surface area contributed by atoms with Gasteiger partial charge in [0, 0.05) is 18.5 Å². The molecule has 0 radical (unpaired) electrons. The standard InChI is InChI=1S/C12H26N2O/c1-6-9(7-2)14-11(15)8-10(13)12(3,4)5/h9-10H,6-8,13H2,1-5H3,(H,14,15). The molecule has 0 aliphatic carbocycles. The predicted octanol–water partition coefficient (Wildman–Crippen LogP) is 2.05. The maximum Gasteiger partial charge on any atom is 0.221 e. The Morgan fingerprint density at radius 2 is 1.73 bits per heavy atom. The lowest BCUT2D eigenvalue weighted by Gasteiger charge is -2.27. The predicted molar refractivity (Wildman–Crippen MR) is 64.6 cm³/mol. The molecule has 0 aliphatic heterocycles. The summed E-state index contributed by atoms with van der Waals surface area (Å²) in [5.74, 6) is 0.0751. The molecule has 15 heavy (non-hydrogen) atoms. The van der Waals surface area contributed by atoms with Crippen LogP contribution in [0.1, 0.15) is 53.9 Å².